The average Bonchev–Trinajstić information content (AvgIpc) is 3.02. The molecule has 0 radical (unpaired) electrons. The molecule has 0 bridgehead atoms. The van der Waals surface area contributed by atoms with E-state index in [0.29, 0.717) is 36.0 Å². The minimum Gasteiger partial charge on any atom is -0.466 e. The zero-order valence-electron chi connectivity index (χ0n) is 12.8. The van der Waals surface area contributed by atoms with E-state index in [0.717, 1.165) is 5.56 Å². The minimum absolute atomic E-state index is 0.260. The standard InChI is InChI=1S/C16H18ClN3O3/c1-2-23-15(21)8-5-9-18-16(22)14-10-13(19-20-14)11-6-3-4-7-12(11)17/h3-4,6-7,10H,2,5,8-9H2,1H3,(H,18,22)(H,19,20). The molecule has 0 saturated heterocycles. The highest BCUT2D eigenvalue weighted by Crippen LogP contribution is 2.26. The minimum atomic E-state index is -0.278. The number of rotatable bonds is 7. The maximum atomic E-state index is 12.0. The number of nitrogens with one attached hydrogen (secondary N) is 2. The van der Waals surface area contributed by atoms with Gasteiger partial charge in [0.2, 0.25) is 0 Å². The smallest absolute Gasteiger partial charge is 0.305 e. The molecule has 2 rings (SSSR count). The van der Waals surface area contributed by atoms with Gasteiger partial charge in [0.25, 0.3) is 5.91 Å². The fourth-order valence-corrected chi connectivity index (χ4v) is 2.24. The first-order valence-corrected chi connectivity index (χ1v) is 7.73. The van der Waals surface area contributed by atoms with E-state index in [9.17, 15) is 9.59 Å². The predicted molar refractivity (Wildman–Crippen MR) is 87.2 cm³/mol. The van der Waals surface area contributed by atoms with Crippen molar-refractivity contribution in [3.05, 3.63) is 41.0 Å². The first kappa shape index (κ1) is 17.0. The van der Waals surface area contributed by atoms with Crippen LogP contribution in [0.1, 0.15) is 30.3 Å². The van der Waals surface area contributed by atoms with Crippen LogP contribution in [0.4, 0.5) is 0 Å². The molecular weight excluding hydrogens is 318 g/mol. The molecule has 122 valence electrons. The van der Waals surface area contributed by atoms with Crippen molar-refractivity contribution < 1.29 is 14.3 Å². The number of nitrogens with zero attached hydrogens (tertiary/aromatic N) is 1. The van der Waals surface area contributed by atoms with Crippen LogP contribution < -0.4 is 5.32 Å². The van der Waals surface area contributed by atoms with Crippen molar-refractivity contribution in [1.82, 2.24) is 15.5 Å². The summed E-state index contributed by atoms with van der Waals surface area (Å²) in [6, 6.07) is 8.92. The maximum Gasteiger partial charge on any atom is 0.305 e. The molecule has 0 saturated carbocycles. The van der Waals surface area contributed by atoms with E-state index in [-0.39, 0.29) is 18.3 Å². The summed E-state index contributed by atoms with van der Waals surface area (Å²) in [4.78, 5) is 23.2. The van der Waals surface area contributed by atoms with Gasteiger partial charge >= 0.3 is 5.97 Å². The van der Waals surface area contributed by atoms with Crippen LogP contribution in [-0.2, 0) is 9.53 Å². The van der Waals surface area contributed by atoms with Crippen LogP contribution in [0.5, 0.6) is 0 Å². The molecule has 1 amide bonds. The lowest BCUT2D eigenvalue weighted by atomic mass is 10.1. The zero-order valence-corrected chi connectivity index (χ0v) is 13.5. The van der Waals surface area contributed by atoms with Crippen molar-refractivity contribution in [2.24, 2.45) is 0 Å². The number of ether oxygens (including phenoxy) is 1. The number of aromatic nitrogens is 2. The van der Waals surface area contributed by atoms with E-state index < -0.39 is 0 Å². The molecule has 0 atom stereocenters. The number of carbonyl (C=O) groups is 2. The number of benzene rings is 1. The molecule has 23 heavy (non-hydrogen) atoms. The van der Waals surface area contributed by atoms with Gasteiger partial charge in [-0.05, 0) is 25.5 Å². The molecule has 0 aliphatic carbocycles. The van der Waals surface area contributed by atoms with Gasteiger partial charge in [-0.3, -0.25) is 14.7 Å². The van der Waals surface area contributed by atoms with Crippen LogP contribution >= 0.6 is 11.6 Å². The number of carbonyl (C=O) groups excluding carboxylic acids is 2. The number of H-pyrrole nitrogens is 1. The lowest BCUT2D eigenvalue weighted by Gasteiger charge is -2.03. The maximum absolute atomic E-state index is 12.0. The Labute approximate surface area is 139 Å². The summed E-state index contributed by atoms with van der Waals surface area (Å²) in [5.74, 6) is -0.538. The third-order valence-corrected chi connectivity index (χ3v) is 3.45. The summed E-state index contributed by atoms with van der Waals surface area (Å²) in [5, 5.41) is 10.1. The van der Waals surface area contributed by atoms with E-state index in [1.807, 2.05) is 18.2 Å². The molecule has 1 aromatic heterocycles. The van der Waals surface area contributed by atoms with Gasteiger partial charge in [-0.25, -0.2) is 0 Å². The molecule has 2 N–H and O–H groups in total. The second-order valence-corrected chi connectivity index (χ2v) is 5.22. The molecule has 0 unspecified atom stereocenters. The van der Waals surface area contributed by atoms with Gasteiger partial charge in [-0.1, -0.05) is 29.8 Å². The van der Waals surface area contributed by atoms with Gasteiger partial charge in [0.1, 0.15) is 5.69 Å². The van der Waals surface area contributed by atoms with Crippen LogP contribution in [0, 0.1) is 0 Å². The quantitative estimate of drug-likeness (QED) is 0.602. The number of hydrogen-bond donors (Lipinski definition) is 2. The Bertz CT molecular complexity index is 685. The van der Waals surface area contributed by atoms with Gasteiger partial charge in [0.15, 0.2) is 0 Å². The molecule has 0 aliphatic heterocycles. The SMILES string of the molecule is CCOC(=O)CCCNC(=O)c1cc(-c2ccccc2Cl)n[nH]1. The Hall–Kier alpha value is -2.34. The third-order valence-electron chi connectivity index (χ3n) is 3.12. The van der Waals surface area contributed by atoms with Crippen molar-refractivity contribution in [1.29, 1.82) is 0 Å². The highest BCUT2D eigenvalue weighted by Gasteiger charge is 2.12. The molecule has 6 nitrogen and oxygen atoms in total. The van der Waals surface area contributed by atoms with Crippen molar-refractivity contribution >= 4 is 23.5 Å². The molecule has 1 heterocycles. The van der Waals surface area contributed by atoms with Crippen molar-refractivity contribution in [3.8, 4) is 11.3 Å². The molecule has 7 heteroatoms. The normalized spacial score (nSPS) is 10.3. The molecular formula is C16H18ClN3O3. The van der Waals surface area contributed by atoms with Gasteiger partial charge in [0.05, 0.1) is 17.3 Å². The Morgan fingerprint density at radius 3 is 2.87 bits per heavy atom. The van der Waals surface area contributed by atoms with E-state index in [1.165, 1.54) is 0 Å². The summed E-state index contributed by atoms with van der Waals surface area (Å²) in [6.45, 7) is 2.51. The van der Waals surface area contributed by atoms with Crippen LogP contribution in [-0.4, -0.2) is 35.2 Å². The molecule has 1 aromatic carbocycles. The largest absolute Gasteiger partial charge is 0.466 e. The number of aromatic amines is 1. The first-order chi connectivity index (χ1) is 11.1. The molecule has 0 aliphatic rings. The van der Waals surface area contributed by atoms with E-state index in [2.05, 4.69) is 15.5 Å². The van der Waals surface area contributed by atoms with E-state index in [4.69, 9.17) is 16.3 Å². The third kappa shape index (κ3) is 4.82. The van der Waals surface area contributed by atoms with Crippen molar-refractivity contribution in [2.75, 3.05) is 13.2 Å². The van der Waals surface area contributed by atoms with E-state index in [1.54, 1.807) is 19.1 Å². The van der Waals surface area contributed by atoms with Crippen LogP contribution in [0.25, 0.3) is 11.3 Å². The van der Waals surface area contributed by atoms with Crippen molar-refractivity contribution in [3.63, 3.8) is 0 Å². The highest BCUT2D eigenvalue weighted by molar-refractivity contribution is 6.33. The van der Waals surface area contributed by atoms with Gasteiger partial charge in [0, 0.05) is 18.5 Å². The fraction of sp³-hybridized carbons (Fsp3) is 0.312. The number of amides is 1. The topological polar surface area (TPSA) is 84.1 Å². The van der Waals surface area contributed by atoms with Crippen LogP contribution in [0.3, 0.4) is 0 Å². The Morgan fingerprint density at radius 1 is 1.35 bits per heavy atom. The van der Waals surface area contributed by atoms with Gasteiger partial charge < -0.3 is 10.1 Å². The summed E-state index contributed by atoms with van der Waals surface area (Å²) < 4.78 is 4.82. The van der Waals surface area contributed by atoms with Crippen LogP contribution in [0.2, 0.25) is 5.02 Å². The Morgan fingerprint density at radius 2 is 2.13 bits per heavy atom. The second kappa shape index (κ2) is 8.33. The highest BCUT2D eigenvalue weighted by atomic mass is 35.5. The molecule has 0 fully saturated rings. The zero-order chi connectivity index (χ0) is 16.7. The van der Waals surface area contributed by atoms with Gasteiger partial charge in [-0.2, -0.15) is 5.10 Å². The lowest BCUT2D eigenvalue weighted by Crippen LogP contribution is -2.25. The monoisotopic (exact) mass is 335 g/mol. The summed E-state index contributed by atoms with van der Waals surface area (Å²) >= 11 is 6.11. The molecule has 0 spiro atoms. The number of halogens is 1. The average molecular weight is 336 g/mol. The number of esters is 1. The molecule has 2 aromatic rings. The second-order valence-electron chi connectivity index (χ2n) is 4.81. The fourth-order valence-electron chi connectivity index (χ4n) is 2.01. The van der Waals surface area contributed by atoms with Gasteiger partial charge in [-0.15, -0.1) is 0 Å². The summed E-state index contributed by atoms with van der Waals surface area (Å²) in [6.07, 6.45) is 0.804. The first-order valence-electron chi connectivity index (χ1n) is 7.36. The lowest BCUT2D eigenvalue weighted by molar-refractivity contribution is -0.143. The van der Waals surface area contributed by atoms with Crippen molar-refractivity contribution in [2.45, 2.75) is 19.8 Å². The van der Waals surface area contributed by atoms with Crippen LogP contribution in [0.15, 0.2) is 30.3 Å². The summed E-state index contributed by atoms with van der Waals surface area (Å²) in [5.41, 5.74) is 1.70. The predicted octanol–water partition coefficient (Wildman–Crippen LogP) is 2.80. The summed E-state index contributed by atoms with van der Waals surface area (Å²) in [7, 11) is 0. The number of hydrogen-bond acceptors (Lipinski definition) is 4. The van der Waals surface area contributed by atoms with E-state index >= 15 is 0 Å². The Kier molecular flexibility index (Phi) is 6.17. The Balaban J connectivity index is 1.87.